The van der Waals surface area contributed by atoms with E-state index >= 15 is 0 Å². The fourth-order valence-corrected chi connectivity index (χ4v) is 1.34. The monoisotopic (exact) mass is 262 g/mol. The Kier molecular flexibility index (Phi) is 6.15. The van der Waals surface area contributed by atoms with Gasteiger partial charge in [-0.3, -0.25) is 4.79 Å². The van der Waals surface area contributed by atoms with Crippen molar-refractivity contribution in [3.8, 4) is 5.75 Å². The van der Waals surface area contributed by atoms with Crippen molar-refractivity contribution < 1.29 is 14.3 Å². The van der Waals surface area contributed by atoms with Gasteiger partial charge >= 0.3 is 6.09 Å². The first-order valence-electron chi connectivity index (χ1n) is 6.15. The molecule has 0 bridgehead atoms. The number of hydrogen-bond donors (Lipinski definition) is 2. The number of hydrogen-bond acceptors (Lipinski definition) is 3. The summed E-state index contributed by atoms with van der Waals surface area (Å²) < 4.78 is 5.08. The average molecular weight is 262 g/mol. The number of allylic oxidation sites excluding steroid dienone is 1. The predicted octanol–water partition coefficient (Wildman–Crippen LogP) is 2.70. The summed E-state index contributed by atoms with van der Waals surface area (Å²) in [6.45, 7) is 4.28. The summed E-state index contributed by atoms with van der Waals surface area (Å²) in [7, 11) is 0. The lowest BCUT2D eigenvalue weighted by molar-refractivity contribution is -0.111. The van der Waals surface area contributed by atoms with E-state index in [9.17, 15) is 9.59 Å². The Morgan fingerprint density at radius 1 is 1.37 bits per heavy atom. The quantitative estimate of drug-likeness (QED) is 0.802. The molecule has 5 nitrogen and oxygen atoms in total. The highest BCUT2D eigenvalue weighted by molar-refractivity contribution is 5.99. The second-order valence-electron chi connectivity index (χ2n) is 3.83. The average Bonchev–Trinajstić information content (AvgIpc) is 2.37. The maximum atomic E-state index is 11.4. The van der Waals surface area contributed by atoms with Crippen LogP contribution in [0.2, 0.25) is 0 Å². The number of anilines is 1. The van der Waals surface area contributed by atoms with E-state index in [1.165, 1.54) is 6.08 Å². The van der Waals surface area contributed by atoms with Crippen LogP contribution in [0.5, 0.6) is 5.75 Å². The van der Waals surface area contributed by atoms with Crippen LogP contribution in [-0.2, 0) is 4.79 Å². The summed E-state index contributed by atoms with van der Waals surface area (Å²) in [4.78, 5) is 22.7. The number of nitrogens with one attached hydrogen (secondary N) is 2. The van der Waals surface area contributed by atoms with Gasteiger partial charge in [-0.15, -0.1) is 0 Å². The summed E-state index contributed by atoms with van der Waals surface area (Å²) in [6.07, 6.45) is 3.41. The van der Waals surface area contributed by atoms with Gasteiger partial charge in [0.2, 0.25) is 5.91 Å². The fraction of sp³-hybridized carbons (Fsp3) is 0.286. The molecule has 0 aliphatic heterocycles. The lowest BCUT2D eigenvalue weighted by Gasteiger charge is -2.07. The van der Waals surface area contributed by atoms with Crippen molar-refractivity contribution in [3.05, 3.63) is 36.4 Å². The molecule has 0 heterocycles. The Bertz CT molecular complexity index is 470. The lowest BCUT2D eigenvalue weighted by Crippen LogP contribution is -2.27. The normalized spacial score (nSPS) is 10.2. The van der Waals surface area contributed by atoms with E-state index < -0.39 is 6.09 Å². The second kappa shape index (κ2) is 7.92. The molecule has 0 unspecified atom stereocenters. The van der Waals surface area contributed by atoms with Gasteiger partial charge in [0.05, 0.1) is 0 Å². The Balaban J connectivity index is 2.61. The standard InChI is InChI=1S/C14H18N2O3/c1-3-6-13(17)16-11-7-5-8-12(10-11)19-14(18)15-9-4-2/h3,5-8,10H,4,9H2,1-2H3,(H,15,18)(H,16,17). The number of carbonyl (C=O) groups is 2. The molecule has 0 atom stereocenters. The van der Waals surface area contributed by atoms with Crippen molar-refractivity contribution in [2.24, 2.45) is 0 Å². The van der Waals surface area contributed by atoms with Gasteiger partial charge < -0.3 is 15.4 Å². The van der Waals surface area contributed by atoms with Crippen molar-refractivity contribution in [2.45, 2.75) is 20.3 Å². The molecule has 0 radical (unpaired) electrons. The van der Waals surface area contributed by atoms with Crippen molar-refractivity contribution in [2.75, 3.05) is 11.9 Å². The minimum atomic E-state index is -0.501. The number of carbonyl (C=O) groups excluding carboxylic acids is 2. The van der Waals surface area contributed by atoms with Crippen LogP contribution in [0.3, 0.4) is 0 Å². The summed E-state index contributed by atoms with van der Waals surface area (Å²) in [5.41, 5.74) is 0.573. The van der Waals surface area contributed by atoms with Gasteiger partial charge in [0, 0.05) is 18.3 Å². The molecule has 0 fully saturated rings. The Morgan fingerprint density at radius 3 is 2.84 bits per heavy atom. The Hall–Kier alpha value is -2.30. The first kappa shape index (κ1) is 14.8. The number of amides is 2. The molecule has 0 saturated carbocycles. The van der Waals surface area contributed by atoms with E-state index in [1.807, 2.05) is 6.92 Å². The van der Waals surface area contributed by atoms with Crippen molar-refractivity contribution >= 4 is 17.7 Å². The van der Waals surface area contributed by atoms with E-state index in [1.54, 1.807) is 37.3 Å². The van der Waals surface area contributed by atoms with Crippen LogP contribution in [0, 0.1) is 0 Å². The van der Waals surface area contributed by atoms with Gasteiger partial charge in [-0.05, 0) is 31.6 Å². The van der Waals surface area contributed by atoms with Crippen molar-refractivity contribution in [1.82, 2.24) is 5.32 Å². The van der Waals surface area contributed by atoms with Crippen LogP contribution in [0.15, 0.2) is 36.4 Å². The van der Waals surface area contributed by atoms with Crippen LogP contribution in [0.4, 0.5) is 10.5 Å². The lowest BCUT2D eigenvalue weighted by atomic mass is 10.3. The number of benzene rings is 1. The van der Waals surface area contributed by atoms with Crippen LogP contribution < -0.4 is 15.4 Å². The summed E-state index contributed by atoms with van der Waals surface area (Å²) >= 11 is 0. The fourth-order valence-electron chi connectivity index (χ4n) is 1.34. The van der Waals surface area contributed by atoms with E-state index in [0.717, 1.165) is 6.42 Å². The Labute approximate surface area is 112 Å². The topological polar surface area (TPSA) is 67.4 Å². The molecule has 0 aliphatic rings. The SMILES string of the molecule is CC=CC(=O)Nc1cccc(OC(=O)NCCC)c1. The molecule has 1 aromatic carbocycles. The molecular formula is C14H18N2O3. The van der Waals surface area contributed by atoms with Crippen LogP contribution in [-0.4, -0.2) is 18.5 Å². The highest BCUT2D eigenvalue weighted by Crippen LogP contribution is 2.17. The van der Waals surface area contributed by atoms with Gasteiger partial charge in [0.25, 0.3) is 0 Å². The van der Waals surface area contributed by atoms with Gasteiger partial charge in [0.15, 0.2) is 0 Å². The van der Waals surface area contributed by atoms with E-state index in [2.05, 4.69) is 10.6 Å². The summed E-state index contributed by atoms with van der Waals surface area (Å²) in [5, 5.41) is 5.26. The summed E-state index contributed by atoms with van der Waals surface area (Å²) in [6, 6.07) is 6.66. The first-order chi connectivity index (χ1) is 9.15. The maximum absolute atomic E-state index is 11.4. The highest BCUT2D eigenvalue weighted by atomic mass is 16.6. The molecular weight excluding hydrogens is 244 g/mol. The predicted molar refractivity (Wildman–Crippen MR) is 74.2 cm³/mol. The molecule has 102 valence electrons. The third-order valence-corrected chi connectivity index (χ3v) is 2.15. The first-order valence-corrected chi connectivity index (χ1v) is 6.15. The zero-order valence-electron chi connectivity index (χ0n) is 11.1. The van der Waals surface area contributed by atoms with Crippen LogP contribution in [0.1, 0.15) is 20.3 Å². The molecule has 0 spiro atoms. The van der Waals surface area contributed by atoms with Gasteiger partial charge in [-0.2, -0.15) is 0 Å². The van der Waals surface area contributed by atoms with Gasteiger partial charge in [-0.1, -0.05) is 19.1 Å². The largest absolute Gasteiger partial charge is 0.412 e. The minimum absolute atomic E-state index is 0.227. The van der Waals surface area contributed by atoms with Crippen molar-refractivity contribution in [1.29, 1.82) is 0 Å². The highest BCUT2D eigenvalue weighted by Gasteiger charge is 2.04. The number of rotatable bonds is 5. The molecule has 5 heteroatoms. The van der Waals surface area contributed by atoms with E-state index in [-0.39, 0.29) is 5.91 Å². The Morgan fingerprint density at radius 2 is 2.16 bits per heavy atom. The molecule has 2 N–H and O–H groups in total. The maximum Gasteiger partial charge on any atom is 0.412 e. The van der Waals surface area contributed by atoms with Crippen LogP contribution >= 0.6 is 0 Å². The smallest absolute Gasteiger partial charge is 0.410 e. The zero-order chi connectivity index (χ0) is 14.1. The van der Waals surface area contributed by atoms with Crippen molar-refractivity contribution in [3.63, 3.8) is 0 Å². The molecule has 1 rings (SSSR count). The molecule has 0 aromatic heterocycles. The van der Waals surface area contributed by atoms with E-state index in [4.69, 9.17) is 4.74 Å². The third kappa shape index (κ3) is 5.72. The van der Waals surface area contributed by atoms with Gasteiger partial charge in [0.1, 0.15) is 5.75 Å². The van der Waals surface area contributed by atoms with E-state index in [0.29, 0.717) is 18.0 Å². The molecule has 19 heavy (non-hydrogen) atoms. The molecule has 0 aliphatic carbocycles. The zero-order valence-corrected chi connectivity index (χ0v) is 11.1. The minimum Gasteiger partial charge on any atom is -0.410 e. The molecule has 2 amide bonds. The second-order valence-corrected chi connectivity index (χ2v) is 3.83. The third-order valence-electron chi connectivity index (χ3n) is 2.15. The number of ether oxygens (including phenoxy) is 1. The molecule has 1 aromatic rings. The molecule has 0 saturated heterocycles. The van der Waals surface area contributed by atoms with Gasteiger partial charge in [-0.25, -0.2) is 4.79 Å². The van der Waals surface area contributed by atoms with Crippen LogP contribution in [0.25, 0.3) is 0 Å². The summed E-state index contributed by atoms with van der Waals surface area (Å²) in [5.74, 6) is 0.155.